The third kappa shape index (κ3) is 8.09. The van der Waals surface area contributed by atoms with Crippen molar-refractivity contribution in [3.63, 3.8) is 0 Å². The summed E-state index contributed by atoms with van der Waals surface area (Å²) < 4.78 is 5.08. The molecule has 1 aromatic rings. The molecule has 1 atom stereocenters. The Morgan fingerprint density at radius 3 is 2.39 bits per heavy atom. The van der Waals surface area contributed by atoms with E-state index in [-0.39, 0.29) is 12.5 Å². The van der Waals surface area contributed by atoms with Crippen LogP contribution >= 0.6 is 11.6 Å². The first-order chi connectivity index (χ1) is 13.2. The van der Waals surface area contributed by atoms with Crippen LogP contribution in [0.1, 0.15) is 19.4 Å². The van der Waals surface area contributed by atoms with Gasteiger partial charge in [-0.2, -0.15) is 0 Å². The first kappa shape index (κ1) is 23.0. The van der Waals surface area contributed by atoms with E-state index in [0.717, 1.165) is 17.2 Å². The lowest BCUT2D eigenvalue weighted by Gasteiger charge is -2.26. The lowest BCUT2D eigenvalue weighted by Crippen LogP contribution is -2.56. The Kier molecular flexibility index (Phi) is 9.52. The van der Waals surface area contributed by atoms with Gasteiger partial charge in [-0.05, 0) is 11.5 Å². The molecule has 152 valence electrons. The van der Waals surface area contributed by atoms with Gasteiger partial charge in [0.25, 0.3) is 11.8 Å². The second-order valence-electron chi connectivity index (χ2n) is 6.01. The van der Waals surface area contributed by atoms with Crippen LogP contribution in [-0.4, -0.2) is 46.6 Å². The smallest absolute Gasteiger partial charge is 0.408 e. The lowest BCUT2D eigenvalue weighted by atomic mass is 10.0. The van der Waals surface area contributed by atoms with Crippen LogP contribution in [0.15, 0.2) is 41.9 Å². The Morgan fingerprint density at radius 1 is 1.21 bits per heavy atom. The van der Waals surface area contributed by atoms with E-state index >= 15 is 0 Å². The topological polar surface area (TPSA) is 125 Å². The van der Waals surface area contributed by atoms with Crippen molar-refractivity contribution < 1.29 is 29.0 Å². The Balaban J connectivity index is 2.73. The standard InChI is InChI=1S/C18H22ClN3O6/c1-12(2)16(20-18(27)28-11-13-6-4-3-5-7-13)17(26)21-22(10-15(24)25)14(23)8-9-19/h3-9,12,16H,10-11H2,1-2H3,(H,20,27)(H,21,26)(H,24,25)/b9-8+. The number of aliphatic carboxylic acids is 1. The molecule has 0 aliphatic heterocycles. The van der Waals surface area contributed by atoms with Gasteiger partial charge in [-0.25, -0.2) is 9.80 Å². The van der Waals surface area contributed by atoms with Gasteiger partial charge >= 0.3 is 12.1 Å². The highest BCUT2D eigenvalue weighted by Crippen LogP contribution is 2.05. The zero-order chi connectivity index (χ0) is 21.1. The quantitative estimate of drug-likeness (QED) is 0.441. The second-order valence-corrected chi connectivity index (χ2v) is 6.27. The maximum Gasteiger partial charge on any atom is 0.408 e. The van der Waals surface area contributed by atoms with Crippen LogP contribution < -0.4 is 10.7 Å². The van der Waals surface area contributed by atoms with Crippen molar-refractivity contribution in [2.24, 2.45) is 5.92 Å². The van der Waals surface area contributed by atoms with Gasteiger partial charge in [-0.3, -0.25) is 19.8 Å². The van der Waals surface area contributed by atoms with Crippen molar-refractivity contribution >= 4 is 35.5 Å². The zero-order valence-corrected chi connectivity index (χ0v) is 16.2. The van der Waals surface area contributed by atoms with Gasteiger partial charge in [0.2, 0.25) is 0 Å². The predicted molar refractivity (Wildman–Crippen MR) is 101 cm³/mol. The SMILES string of the molecule is CC(C)C(NC(=O)OCc1ccccc1)C(=O)NN(CC(=O)O)C(=O)/C=C/Cl. The highest BCUT2D eigenvalue weighted by molar-refractivity contribution is 6.26. The summed E-state index contributed by atoms with van der Waals surface area (Å²) in [6.45, 7) is 2.58. The number of benzene rings is 1. The van der Waals surface area contributed by atoms with Gasteiger partial charge in [-0.15, -0.1) is 0 Å². The summed E-state index contributed by atoms with van der Waals surface area (Å²) in [5.74, 6) is -3.31. The molecule has 0 bridgehead atoms. The fourth-order valence-electron chi connectivity index (χ4n) is 2.08. The summed E-state index contributed by atoms with van der Waals surface area (Å²) in [5, 5.41) is 11.9. The first-order valence-corrected chi connectivity index (χ1v) is 8.76. The average molecular weight is 412 g/mol. The Hall–Kier alpha value is -3.07. The summed E-state index contributed by atoms with van der Waals surface area (Å²) in [6.07, 6.45) is 0.0611. The number of amides is 3. The monoisotopic (exact) mass is 411 g/mol. The minimum Gasteiger partial charge on any atom is -0.480 e. The van der Waals surface area contributed by atoms with Crippen LogP contribution in [0.4, 0.5) is 4.79 Å². The van der Waals surface area contributed by atoms with Crippen LogP contribution in [0.25, 0.3) is 0 Å². The molecule has 0 radical (unpaired) electrons. The number of alkyl carbamates (subject to hydrolysis) is 1. The molecule has 0 saturated carbocycles. The van der Waals surface area contributed by atoms with E-state index in [2.05, 4.69) is 10.7 Å². The van der Waals surface area contributed by atoms with E-state index in [9.17, 15) is 19.2 Å². The molecule has 0 heterocycles. The molecule has 0 saturated heterocycles. The number of hydrazine groups is 1. The van der Waals surface area contributed by atoms with Crippen molar-refractivity contribution in [1.29, 1.82) is 0 Å². The number of nitrogens with one attached hydrogen (secondary N) is 2. The van der Waals surface area contributed by atoms with Gasteiger partial charge in [0, 0.05) is 11.6 Å². The van der Waals surface area contributed by atoms with E-state index in [4.69, 9.17) is 21.4 Å². The maximum atomic E-state index is 12.5. The van der Waals surface area contributed by atoms with E-state index in [0.29, 0.717) is 5.01 Å². The highest BCUT2D eigenvalue weighted by Gasteiger charge is 2.28. The molecule has 1 unspecified atom stereocenters. The molecule has 1 rings (SSSR count). The van der Waals surface area contributed by atoms with Gasteiger partial charge < -0.3 is 15.2 Å². The fraction of sp³-hybridized carbons (Fsp3) is 0.333. The molecule has 0 aliphatic rings. The molecule has 10 heteroatoms. The summed E-state index contributed by atoms with van der Waals surface area (Å²) in [4.78, 5) is 47.3. The van der Waals surface area contributed by atoms with E-state index in [1.807, 2.05) is 6.07 Å². The third-order valence-corrected chi connectivity index (χ3v) is 3.57. The highest BCUT2D eigenvalue weighted by atomic mass is 35.5. The van der Waals surface area contributed by atoms with Gasteiger partial charge in [0.1, 0.15) is 19.2 Å². The van der Waals surface area contributed by atoms with Crippen molar-refractivity contribution in [1.82, 2.24) is 15.8 Å². The average Bonchev–Trinajstić information content (AvgIpc) is 2.64. The van der Waals surface area contributed by atoms with Gasteiger partial charge in [-0.1, -0.05) is 55.8 Å². The molecule has 9 nitrogen and oxygen atoms in total. The Bertz CT molecular complexity index is 723. The predicted octanol–water partition coefficient (Wildman–Crippen LogP) is 1.63. The summed E-state index contributed by atoms with van der Waals surface area (Å²) in [7, 11) is 0. The molecule has 0 fully saturated rings. The Labute approximate surface area is 167 Å². The summed E-state index contributed by atoms with van der Waals surface area (Å²) >= 11 is 5.32. The van der Waals surface area contributed by atoms with Crippen molar-refractivity contribution in [3.05, 3.63) is 47.5 Å². The van der Waals surface area contributed by atoms with Gasteiger partial charge in [0.15, 0.2) is 0 Å². The minimum absolute atomic E-state index is 0.0171. The van der Waals surface area contributed by atoms with Crippen molar-refractivity contribution in [3.8, 4) is 0 Å². The van der Waals surface area contributed by atoms with E-state index < -0.39 is 36.5 Å². The molecule has 1 aromatic carbocycles. The number of carbonyl (C=O) groups is 4. The summed E-state index contributed by atoms with van der Waals surface area (Å²) in [6, 6.07) is 7.91. The number of nitrogens with zero attached hydrogens (tertiary/aromatic N) is 1. The van der Waals surface area contributed by atoms with Crippen molar-refractivity contribution in [2.75, 3.05) is 6.54 Å². The van der Waals surface area contributed by atoms with E-state index in [1.54, 1.807) is 38.1 Å². The number of hydrogen-bond donors (Lipinski definition) is 3. The molecular weight excluding hydrogens is 390 g/mol. The number of ether oxygens (including phenoxy) is 1. The minimum atomic E-state index is -1.34. The van der Waals surface area contributed by atoms with Crippen LogP contribution in [0, 0.1) is 5.92 Å². The van der Waals surface area contributed by atoms with Crippen LogP contribution in [0.5, 0.6) is 0 Å². The van der Waals surface area contributed by atoms with Crippen LogP contribution in [0.3, 0.4) is 0 Å². The number of halogens is 1. The fourth-order valence-corrected chi connectivity index (χ4v) is 2.19. The molecule has 0 aromatic heterocycles. The third-order valence-electron chi connectivity index (χ3n) is 3.45. The number of rotatable bonds is 8. The molecular formula is C18H22ClN3O6. The van der Waals surface area contributed by atoms with E-state index in [1.165, 1.54) is 0 Å². The normalized spacial score (nSPS) is 11.7. The molecule has 0 spiro atoms. The number of carbonyl (C=O) groups excluding carboxylic acids is 3. The van der Waals surface area contributed by atoms with Crippen molar-refractivity contribution in [2.45, 2.75) is 26.5 Å². The second kappa shape index (κ2) is 11.6. The van der Waals surface area contributed by atoms with Crippen LogP contribution in [-0.2, 0) is 25.7 Å². The molecule has 0 aliphatic carbocycles. The maximum absolute atomic E-state index is 12.5. The number of carboxylic acid groups (broad SMARTS) is 1. The first-order valence-electron chi connectivity index (χ1n) is 8.32. The van der Waals surface area contributed by atoms with Gasteiger partial charge in [0.05, 0.1) is 0 Å². The largest absolute Gasteiger partial charge is 0.480 e. The summed E-state index contributed by atoms with van der Waals surface area (Å²) in [5.41, 5.74) is 3.84. The zero-order valence-electron chi connectivity index (χ0n) is 15.4. The molecule has 28 heavy (non-hydrogen) atoms. The molecule has 3 N–H and O–H groups in total. The Morgan fingerprint density at radius 2 is 1.86 bits per heavy atom. The van der Waals surface area contributed by atoms with Crippen LogP contribution in [0.2, 0.25) is 0 Å². The number of carboxylic acids is 1. The number of hydrogen-bond acceptors (Lipinski definition) is 5. The molecule has 3 amide bonds. The lowest BCUT2D eigenvalue weighted by molar-refractivity contribution is -0.148.